The molecular formula is C13H17ClN6. The molecule has 0 aliphatic carbocycles. The van der Waals surface area contributed by atoms with E-state index in [0.29, 0.717) is 16.7 Å². The van der Waals surface area contributed by atoms with Crippen LogP contribution in [0.4, 0.5) is 17.6 Å². The molecule has 1 aromatic heterocycles. The molecule has 0 aliphatic heterocycles. The molecule has 0 aliphatic rings. The number of hydrogen-bond acceptors (Lipinski definition) is 6. The Labute approximate surface area is 122 Å². The van der Waals surface area contributed by atoms with Gasteiger partial charge in [0.25, 0.3) is 0 Å². The van der Waals surface area contributed by atoms with Crippen molar-refractivity contribution in [3.8, 4) is 0 Å². The van der Waals surface area contributed by atoms with Crippen LogP contribution in [0, 0.1) is 0 Å². The van der Waals surface area contributed by atoms with Crippen LogP contribution in [0.3, 0.4) is 0 Å². The third-order valence-corrected chi connectivity index (χ3v) is 3.52. The molecule has 0 saturated carbocycles. The van der Waals surface area contributed by atoms with Crippen molar-refractivity contribution in [2.45, 2.75) is 13.0 Å². The standard InChI is InChI=1S/C13H17ClN6/c1-8(9-5-3-4-6-10(9)14)20(2)12-7-11(19-16)17-13(15)18-12/h3-8H,16H2,1-2H3,(H3,15,17,18,19). The van der Waals surface area contributed by atoms with Crippen LogP contribution in [0.2, 0.25) is 5.02 Å². The number of nitrogen functional groups attached to an aromatic ring is 2. The number of nitrogens with one attached hydrogen (secondary N) is 1. The Morgan fingerprint density at radius 2 is 2.00 bits per heavy atom. The molecule has 6 nitrogen and oxygen atoms in total. The molecule has 1 atom stereocenters. The lowest BCUT2D eigenvalue weighted by Crippen LogP contribution is -2.24. The maximum absolute atomic E-state index is 6.22. The largest absolute Gasteiger partial charge is 0.368 e. The predicted molar refractivity (Wildman–Crippen MR) is 82.5 cm³/mol. The fourth-order valence-corrected chi connectivity index (χ4v) is 2.22. The van der Waals surface area contributed by atoms with Crippen molar-refractivity contribution < 1.29 is 0 Å². The SMILES string of the molecule is CC(c1ccccc1Cl)N(C)c1cc(NN)nc(N)n1. The van der Waals surface area contributed by atoms with Gasteiger partial charge in [0, 0.05) is 18.1 Å². The number of nitrogens with zero attached hydrogens (tertiary/aromatic N) is 3. The number of anilines is 3. The lowest BCUT2D eigenvalue weighted by Gasteiger charge is -2.27. The summed E-state index contributed by atoms with van der Waals surface area (Å²) >= 11 is 6.22. The van der Waals surface area contributed by atoms with Gasteiger partial charge in [0.2, 0.25) is 5.95 Å². The minimum atomic E-state index is 0.0311. The van der Waals surface area contributed by atoms with Gasteiger partial charge >= 0.3 is 0 Å². The van der Waals surface area contributed by atoms with Crippen LogP contribution in [0.15, 0.2) is 30.3 Å². The molecule has 0 spiro atoms. The second-order valence-corrected chi connectivity index (χ2v) is 4.83. The zero-order valence-electron chi connectivity index (χ0n) is 11.3. The molecule has 0 fully saturated rings. The van der Waals surface area contributed by atoms with Gasteiger partial charge in [-0.1, -0.05) is 29.8 Å². The molecule has 1 unspecified atom stereocenters. The molecule has 20 heavy (non-hydrogen) atoms. The van der Waals surface area contributed by atoms with E-state index in [0.717, 1.165) is 5.56 Å². The fraction of sp³-hybridized carbons (Fsp3) is 0.231. The van der Waals surface area contributed by atoms with E-state index in [1.54, 1.807) is 6.07 Å². The van der Waals surface area contributed by atoms with E-state index in [-0.39, 0.29) is 12.0 Å². The van der Waals surface area contributed by atoms with Crippen molar-refractivity contribution in [3.63, 3.8) is 0 Å². The van der Waals surface area contributed by atoms with Gasteiger partial charge in [0.05, 0.1) is 6.04 Å². The summed E-state index contributed by atoms with van der Waals surface area (Å²) in [4.78, 5) is 10.1. The molecule has 2 rings (SSSR count). The smallest absolute Gasteiger partial charge is 0.223 e. The average molecular weight is 293 g/mol. The van der Waals surface area contributed by atoms with Crippen molar-refractivity contribution >= 4 is 29.2 Å². The van der Waals surface area contributed by atoms with Gasteiger partial charge in [-0.15, -0.1) is 0 Å². The van der Waals surface area contributed by atoms with E-state index in [4.69, 9.17) is 23.2 Å². The summed E-state index contributed by atoms with van der Waals surface area (Å²) in [5.74, 6) is 6.65. The third-order valence-electron chi connectivity index (χ3n) is 3.18. The van der Waals surface area contributed by atoms with Crippen molar-refractivity contribution in [2.75, 3.05) is 23.1 Å². The highest BCUT2D eigenvalue weighted by atomic mass is 35.5. The normalized spacial score (nSPS) is 12.0. The average Bonchev–Trinajstić information content (AvgIpc) is 2.45. The van der Waals surface area contributed by atoms with Crippen LogP contribution >= 0.6 is 11.6 Å². The summed E-state index contributed by atoms with van der Waals surface area (Å²) in [6, 6.07) is 9.45. The van der Waals surface area contributed by atoms with Crippen LogP contribution in [0.5, 0.6) is 0 Å². The van der Waals surface area contributed by atoms with Gasteiger partial charge in [-0.05, 0) is 18.6 Å². The number of aromatic nitrogens is 2. The molecule has 0 saturated heterocycles. The van der Waals surface area contributed by atoms with Crippen molar-refractivity contribution in [1.29, 1.82) is 0 Å². The predicted octanol–water partition coefficient (Wildman–Crippen LogP) is 2.20. The van der Waals surface area contributed by atoms with Crippen molar-refractivity contribution in [2.24, 2.45) is 5.84 Å². The lowest BCUT2D eigenvalue weighted by atomic mass is 10.1. The van der Waals surface area contributed by atoms with Crippen LogP contribution in [0.1, 0.15) is 18.5 Å². The van der Waals surface area contributed by atoms with Crippen molar-refractivity contribution in [3.05, 3.63) is 40.9 Å². The highest BCUT2D eigenvalue weighted by molar-refractivity contribution is 6.31. The number of halogens is 1. The Morgan fingerprint density at radius 3 is 2.65 bits per heavy atom. The van der Waals surface area contributed by atoms with Gasteiger partial charge in [-0.25, -0.2) is 5.84 Å². The Balaban J connectivity index is 2.33. The van der Waals surface area contributed by atoms with E-state index < -0.39 is 0 Å². The van der Waals surface area contributed by atoms with Crippen LogP contribution in [-0.2, 0) is 0 Å². The molecule has 5 N–H and O–H groups in total. The summed E-state index contributed by atoms with van der Waals surface area (Å²) in [6.07, 6.45) is 0. The highest BCUT2D eigenvalue weighted by Crippen LogP contribution is 2.29. The van der Waals surface area contributed by atoms with Crippen LogP contribution in [0.25, 0.3) is 0 Å². The van der Waals surface area contributed by atoms with E-state index in [9.17, 15) is 0 Å². The van der Waals surface area contributed by atoms with E-state index in [1.165, 1.54) is 0 Å². The first-order chi connectivity index (χ1) is 9.52. The van der Waals surface area contributed by atoms with E-state index in [2.05, 4.69) is 15.4 Å². The van der Waals surface area contributed by atoms with Gasteiger partial charge in [-0.2, -0.15) is 9.97 Å². The second kappa shape index (κ2) is 5.94. The molecule has 1 aromatic carbocycles. The maximum atomic E-state index is 6.22. The summed E-state index contributed by atoms with van der Waals surface area (Å²) in [6.45, 7) is 2.04. The first-order valence-corrected chi connectivity index (χ1v) is 6.49. The number of hydrazine groups is 1. The molecule has 0 bridgehead atoms. The molecule has 2 aromatic rings. The Hall–Kier alpha value is -2.05. The van der Waals surface area contributed by atoms with Gasteiger partial charge in [0.1, 0.15) is 11.6 Å². The second-order valence-electron chi connectivity index (χ2n) is 4.42. The first kappa shape index (κ1) is 14.4. The van der Waals surface area contributed by atoms with Gasteiger partial charge in [0.15, 0.2) is 0 Å². The quantitative estimate of drug-likeness (QED) is 0.591. The Kier molecular flexibility index (Phi) is 4.26. The van der Waals surface area contributed by atoms with Crippen molar-refractivity contribution in [1.82, 2.24) is 9.97 Å². The summed E-state index contributed by atoms with van der Waals surface area (Å²) < 4.78 is 0. The first-order valence-electron chi connectivity index (χ1n) is 6.11. The highest BCUT2D eigenvalue weighted by Gasteiger charge is 2.17. The van der Waals surface area contributed by atoms with Gasteiger partial charge < -0.3 is 16.1 Å². The molecule has 0 amide bonds. The minimum absolute atomic E-state index is 0.0311. The maximum Gasteiger partial charge on any atom is 0.223 e. The molecule has 0 radical (unpaired) electrons. The number of rotatable bonds is 4. The Bertz CT molecular complexity index is 603. The molecule has 1 heterocycles. The zero-order valence-corrected chi connectivity index (χ0v) is 12.1. The topological polar surface area (TPSA) is 93.1 Å². The summed E-state index contributed by atoms with van der Waals surface area (Å²) in [5.41, 5.74) is 9.15. The summed E-state index contributed by atoms with van der Waals surface area (Å²) in [7, 11) is 1.91. The van der Waals surface area contributed by atoms with E-state index >= 15 is 0 Å². The van der Waals surface area contributed by atoms with Crippen LogP contribution < -0.4 is 21.9 Å². The van der Waals surface area contributed by atoms with E-state index in [1.807, 2.05) is 43.1 Å². The number of nitrogens with two attached hydrogens (primary N) is 2. The minimum Gasteiger partial charge on any atom is -0.368 e. The molecular weight excluding hydrogens is 276 g/mol. The zero-order chi connectivity index (χ0) is 14.7. The van der Waals surface area contributed by atoms with Crippen LogP contribution in [-0.4, -0.2) is 17.0 Å². The van der Waals surface area contributed by atoms with Gasteiger partial charge in [-0.3, -0.25) is 0 Å². The molecule has 7 heteroatoms. The number of benzene rings is 1. The Morgan fingerprint density at radius 1 is 1.30 bits per heavy atom. The summed E-state index contributed by atoms with van der Waals surface area (Å²) in [5, 5.41) is 0.714. The monoisotopic (exact) mass is 292 g/mol. The third kappa shape index (κ3) is 2.92. The fourth-order valence-electron chi connectivity index (χ4n) is 1.93. The lowest BCUT2D eigenvalue weighted by molar-refractivity contribution is 0.728. The molecule has 106 valence electrons. The number of hydrogen-bond donors (Lipinski definition) is 3.